The second-order valence-electron chi connectivity index (χ2n) is 5.41. The molecule has 1 fully saturated rings. The molecule has 1 N–H and O–H groups in total. The summed E-state index contributed by atoms with van der Waals surface area (Å²) >= 11 is 0. The predicted molar refractivity (Wildman–Crippen MR) is 82.0 cm³/mol. The molecule has 0 aromatic heterocycles. The second kappa shape index (κ2) is 7.08. The van der Waals surface area contributed by atoms with Gasteiger partial charge in [-0.15, -0.1) is 0 Å². The van der Waals surface area contributed by atoms with Crippen LogP contribution in [0.15, 0.2) is 29.2 Å². The van der Waals surface area contributed by atoms with E-state index in [2.05, 4.69) is 5.32 Å². The van der Waals surface area contributed by atoms with Crippen LogP contribution in [0, 0.1) is 5.82 Å². The number of amides is 3. The molecule has 1 heterocycles. The molecule has 1 aromatic carbocycles. The summed E-state index contributed by atoms with van der Waals surface area (Å²) in [4.78, 5) is 24.8. The van der Waals surface area contributed by atoms with Gasteiger partial charge in [-0.2, -0.15) is 0 Å². The highest BCUT2D eigenvalue weighted by Crippen LogP contribution is 2.15. The summed E-state index contributed by atoms with van der Waals surface area (Å²) in [5.41, 5.74) is 0. The van der Waals surface area contributed by atoms with Gasteiger partial charge in [0.25, 0.3) is 5.91 Å². The van der Waals surface area contributed by atoms with E-state index in [4.69, 9.17) is 0 Å². The van der Waals surface area contributed by atoms with E-state index in [1.54, 1.807) is 0 Å². The lowest BCUT2D eigenvalue weighted by Crippen LogP contribution is -2.33. The minimum atomic E-state index is -3.56. The maximum atomic E-state index is 12.8. The lowest BCUT2D eigenvalue weighted by Gasteiger charge is -2.13. The van der Waals surface area contributed by atoms with Gasteiger partial charge in [0.2, 0.25) is 0 Å². The lowest BCUT2D eigenvalue weighted by atomic mass is 10.2. The van der Waals surface area contributed by atoms with E-state index >= 15 is 0 Å². The van der Waals surface area contributed by atoms with Gasteiger partial charge in [0.05, 0.1) is 10.6 Å². The normalized spacial score (nSPS) is 18.3. The SMILES string of the molecule is CCC[C@H]1NC(=O)N(CCCS(=O)(=O)c2ccc(F)cc2)C1=O. The number of rotatable bonds is 7. The quantitative estimate of drug-likeness (QED) is 0.604. The van der Waals surface area contributed by atoms with Gasteiger partial charge in [0.1, 0.15) is 11.9 Å². The molecular formula is C15H19FN2O4S. The van der Waals surface area contributed by atoms with Crippen LogP contribution in [-0.4, -0.2) is 43.6 Å². The van der Waals surface area contributed by atoms with Gasteiger partial charge in [0.15, 0.2) is 9.84 Å². The zero-order valence-electron chi connectivity index (χ0n) is 12.8. The van der Waals surface area contributed by atoms with Crippen molar-refractivity contribution in [3.63, 3.8) is 0 Å². The molecule has 1 aliphatic heterocycles. The number of halogens is 1. The first-order chi connectivity index (χ1) is 10.8. The average molecular weight is 342 g/mol. The highest BCUT2D eigenvalue weighted by Gasteiger charge is 2.36. The Morgan fingerprint density at radius 3 is 2.48 bits per heavy atom. The average Bonchev–Trinajstić information content (AvgIpc) is 2.75. The highest BCUT2D eigenvalue weighted by atomic mass is 32.2. The second-order valence-corrected chi connectivity index (χ2v) is 7.52. The van der Waals surface area contributed by atoms with Crippen LogP contribution in [0.5, 0.6) is 0 Å². The molecule has 23 heavy (non-hydrogen) atoms. The lowest BCUT2D eigenvalue weighted by molar-refractivity contribution is -0.127. The molecule has 0 spiro atoms. The summed E-state index contributed by atoms with van der Waals surface area (Å²) in [6, 6.07) is 3.58. The van der Waals surface area contributed by atoms with Crippen molar-refractivity contribution in [2.24, 2.45) is 0 Å². The molecule has 1 atom stereocenters. The van der Waals surface area contributed by atoms with Crippen LogP contribution in [-0.2, 0) is 14.6 Å². The first kappa shape index (κ1) is 17.4. The summed E-state index contributed by atoms with van der Waals surface area (Å²) in [7, 11) is -3.56. The maximum absolute atomic E-state index is 12.8. The molecule has 2 rings (SSSR count). The van der Waals surface area contributed by atoms with Crippen LogP contribution in [0.2, 0.25) is 0 Å². The van der Waals surface area contributed by atoms with E-state index in [1.165, 1.54) is 12.1 Å². The van der Waals surface area contributed by atoms with Crippen molar-refractivity contribution in [1.82, 2.24) is 10.2 Å². The van der Waals surface area contributed by atoms with Gasteiger partial charge in [-0.3, -0.25) is 9.69 Å². The number of carbonyl (C=O) groups excluding carboxylic acids is 2. The van der Waals surface area contributed by atoms with E-state index in [1.807, 2.05) is 6.92 Å². The largest absolute Gasteiger partial charge is 0.326 e. The minimum absolute atomic E-state index is 0.0277. The van der Waals surface area contributed by atoms with Crippen LogP contribution in [0.4, 0.5) is 9.18 Å². The van der Waals surface area contributed by atoms with Crippen LogP contribution in [0.3, 0.4) is 0 Å². The Labute approximate surface area is 134 Å². The van der Waals surface area contributed by atoms with Crippen molar-refractivity contribution in [2.75, 3.05) is 12.3 Å². The van der Waals surface area contributed by atoms with Crippen molar-refractivity contribution in [3.8, 4) is 0 Å². The van der Waals surface area contributed by atoms with Crippen LogP contribution in [0.25, 0.3) is 0 Å². The topological polar surface area (TPSA) is 83.6 Å². The van der Waals surface area contributed by atoms with Crippen molar-refractivity contribution in [2.45, 2.75) is 37.1 Å². The maximum Gasteiger partial charge on any atom is 0.324 e. The number of hydrogen-bond donors (Lipinski definition) is 1. The summed E-state index contributed by atoms with van der Waals surface area (Å²) in [6.45, 7) is 1.96. The standard InChI is InChI=1S/C15H19FN2O4S/c1-2-4-13-14(19)18(15(20)17-13)9-3-10-23(21,22)12-7-5-11(16)6-8-12/h5-8,13H,2-4,9-10H2,1H3,(H,17,20)/t13-/m1/s1. The molecule has 1 aliphatic rings. The smallest absolute Gasteiger partial charge is 0.324 e. The summed E-state index contributed by atoms with van der Waals surface area (Å²) < 4.78 is 37.1. The monoisotopic (exact) mass is 342 g/mol. The molecule has 6 nitrogen and oxygen atoms in total. The van der Waals surface area contributed by atoms with Crippen LogP contribution < -0.4 is 5.32 Å². The van der Waals surface area contributed by atoms with E-state index in [-0.39, 0.29) is 29.5 Å². The Kier molecular flexibility index (Phi) is 5.35. The van der Waals surface area contributed by atoms with Gasteiger partial charge in [-0.1, -0.05) is 13.3 Å². The number of carbonyl (C=O) groups is 2. The van der Waals surface area contributed by atoms with Gasteiger partial charge in [-0.25, -0.2) is 17.6 Å². The van der Waals surface area contributed by atoms with E-state index in [0.717, 1.165) is 23.5 Å². The molecule has 126 valence electrons. The Hall–Kier alpha value is -1.96. The molecule has 0 aliphatic carbocycles. The Morgan fingerprint density at radius 2 is 1.87 bits per heavy atom. The zero-order chi connectivity index (χ0) is 17.0. The third-order valence-electron chi connectivity index (χ3n) is 3.65. The molecule has 8 heteroatoms. The van der Waals surface area contributed by atoms with E-state index in [0.29, 0.717) is 6.42 Å². The number of imide groups is 1. The number of nitrogens with zero attached hydrogens (tertiary/aromatic N) is 1. The fourth-order valence-electron chi connectivity index (χ4n) is 2.45. The Bertz CT molecular complexity index is 688. The fraction of sp³-hybridized carbons (Fsp3) is 0.467. The molecule has 0 bridgehead atoms. The number of urea groups is 1. The third kappa shape index (κ3) is 4.07. The Balaban J connectivity index is 1.93. The summed E-state index contributed by atoms with van der Waals surface area (Å²) in [5.74, 6) is -1.03. The molecule has 0 radical (unpaired) electrons. The van der Waals surface area contributed by atoms with Gasteiger partial charge < -0.3 is 5.32 Å². The third-order valence-corrected chi connectivity index (χ3v) is 5.47. The summed E-state index contributed by atoms with van der Waals surface area (Å²) in [5, 5.41) is 2.59. The zero-order valence-corrected chi connectivity index (χ0v) is 13.6. The minimum Gasteiger partial charge on any atom is -0.326 e. The number of nitrogens with one attached hydrogen (secondary N) is 1. The first-order valence-corrected chi connectivity index (χ1v) is 9.10. The van der Waals surface area contributed by atoms with Crippen molar-refractivity contribution >= 4 is 21.8 Å². The van der Waals surface area contributed by atoms with Crippen molar-refractivity contribution in [3.05, 3.63) is 30.1 Å². The Morgan fingerprint density at radius 1 is 1.22 bits per heavy atom. The van der Waals surface area contributed by atoms with Gasteiger partial charge in [-0.05, 0) is 37.1 Å². The molecule has 1 saturated heterocycles. The van der Waals surface area contributed by atoms with Crippen molar-refractivity contribution < 1.29 is 22.4 Å². The number of sulfone groups is 1. The van der Waals surface area contributed by atoms with Gasteiger partial charge >= 0.3 is 6.03 Å². The molecular weight excluding hydrogens is 323 g/mol. The van der Waals surface area contributed by atoms with Gasteiger partial charge in [0, 0.05) is 6.54 Å². The highest BCUT2D eigenvalue weighted by molar-refractivity contribution is 7.91. The van der Waals surface area contributed by atoms with E-state index < -0.39 is 27.7 Å². The van der Waals surface area contributed by atoms with Crippen molar-refractivity contribution in [1.29, 1.82) is 0 Å². The number of benzene rings is 1. The van der Waals surface area contributed by atoms with Crippen LogP contribution in [0.1, 0.15) is 26.2 Å². The van der Waals surface area contributed by atoms with E-state index in [9.17, 15) is 22.4 Å². The summed E-state index contributed by atoms with van der Waals surface area (Å²) in [6.07, 6.45) is 1.47. The molecule has 0 saturated carbocycles. The molecule has 1 aromatic rings. The predicted octanol–water partition coefficient (Wildman–Crippen LogP) is 1.71. The molecule has 3 amide bonds. The molecule has 0 unspecified atom stereocenters. The fourth-order valence-corrected chi connectivity index (χ4v) is 3.74. The van der Waals surface area contributed by atoms with Crippen LogP contribution >= 0.6 is 0 Å². The number of hydrogen-bond acceptors (Lipinski definition) is 4. The first-order valence-electron chi connectivity index (χ1n) is 7.45.